The Hall–Kier alpha value is 0.315. The minimum Gasteiger partial charge on any atom is -0.721 e. The van der Waals surface area contributed by atoms with Crippen LogP contribution in [0.25, 0.3) is 11.1 Å². The molecule has 2 aromatic rings. The molecule has 0 spiro atoms. The van der Waals surface area contributed by atoms with E-state index in [0.29, 0.717) is 11.1 Å². The Balaban J connectivity index is 0. The number of hydrogen-bond acceptors (Lipinski definition) is 5. The third-order valence-corrected chi connectivity index (χ3v) is 1.78. The fraction of sp³-hybridized carbons (Fsp3) is 0.100. The molecule has 0 atom stereocenters. The van der Waals surface area contributed by atoms with Gasteiger partial charge in [-0.3, -0.25) is 0 Å². The third-order valence-electron chi connectivity index (χ3n) is 1.60. The summed E-state index contributed by atoms with van der Waals surface area (Å²) in [4.78, 5) is 14.3. The van der Waals surface area contributed by atoms with Gasteiger partial charge in [-0.25, -0.2) is 4.98 Å². The summed E-state index contributed by atoms with van der Waals surface area (Å²) < 4.78 is 4.99. The summed E-state index contributed by atoms with van der Waals surface area (Å²) in [5.74, 6) is -1.24. The Morgan fingerprint density at radius 3 is 2.59 bits per heavy atom. The first-order valence-corrected chi connectivity index (χ1v) is 4.57. The van der Waals surface area contributed by atoms with Crippen molar-refractivity contribution in [3.63, 3.8) is 0 Å². The first-order chi connectivity index (χ1) is 7.16. The van der Waals surface area contributed by atoms with Gasteiger partial charge in [0.2, 0.25) is 0 Å². The van der Waals surface area contributed by atoms with Gasteiger partial charge in [0, 0.05) is 0 Å². The number of carboxylic acids is 1. The van der Waals surface area contributed by atoms with Crippen molar-refractivity contribution < 1.29 is 71.5 Å². The predicted octanol–water partition coefficient (Wildman–Crippen LogP) is -2.06. The van der Waals surface area contributed by atoms with E-state index in [9.17, 15) is 9.90 Å². The molecule has 0 fully saturated rings. The first-order valence-electron chi connectivity index (χ1n) is 4.16. The van der Waals surface area contributed by atoms with Crippen LogP contribution in [-0.2, 0) is 40.3 Å². The van der Waals surface area contributed by atoms with Crippen LogP contribution in [0.5, 0.6) is 0 Å². The largest absolute Gasteiger partial charge is 1.00 e. The smallest absolute Gasteiger partial charge is 0.721 e. The quantitative estimate of drug-likeness (QED) is 0.373. The van der Waals surface area contributed by atoms with Gasteiger partial charge in [-0.2, -0.15) is 0 Å². The van der Waals surface area contributed by atoms with Crippen LogP contribution < -0.4 is 34.7 Å². The third kappa shape index (κ3) is 5.22. The number of hydrogen-bond donors (Lipinski definition) is 0. The number of rotatable bonds is 1. The van der Waals surface area contributed by atoms with Crippen LogP contribution >= 0.6 is 0 Å². The molecule has 0 saturated carbocycles. The van der Waals surface area contributed by atoms with Crippen LogP contribution in [-0.4, -0.2) is 11.0 Å². The molecule has 1 heterocycles. The van der Waals surface area contributed by atoms with Crippen molar-refractivity contribution in [2.45, 2.75) is 12.1 Å². The second kappa shape index (κ2) is 9.27. The number of carbonyl (C=O) groups excluding carboxylic acids is 1. The molecule has 2 rings (SSSR count). The molecule has 0 aliphatic heterocycles. The number of carbonyl (C=O) groups is 1. The molecule has 0 saturated heterocycles. The van der Waals surface area contributed by atoms with E-state index >= 15 is 0 Å². The van der Waals surface area contributed by atoms with Gasteiger partial charge in [0.05, 0.1) is 11.2 Å². The number of oxazole rings is 1. The second-order valence-corrected chi connectivity index (χ2v) is 2.80. The van der Waals surface area contributed by atoms with E-state index in [1.165, 1.54) is 18.2 Å². The van der Waals surface area contributed by atoms with Gasteiger partial charge in [0.15, 0.2) is 5.58 Å². The summed E-state index contributed by atoms with van der Waals surface area (Å²) >= 11 is 4.68. The molecular weight excluding hydrogens is 438 g/mol. The summed E-state index contributed by atoms with van der Waals surface area (Å²) in [6, 6.07) is 4.25. The standard InChI is InChI=1S/C8H5NO3S.C2H5.Hg.Na/c10-7(11)4-1-2-6-5(3-4)9-8(13)12-6;1-2;;/h1-3H,(H,9,13)(H,10,11);1H2,2H3;;/q;;2*+1/p-2. The van der Waals surface area contributed by atoms with Gasteiger partial charge >= 0.3 is 57.2 Å². The summed E-state index contributed by atoms with van der Waals surface area (Å²) in [5, 5.41) is 10.6. The molecule has 0 N–H and O–H groups in total. The van der Waals surface area contributed by atoms with Crippen molar-refractivity contribution in [2.75, 3.05) is 0 Å². The fourth-order valence-electron chi connectivity index (χ4n) is 1.03. The molecule has 0 amide bonds. The number of fused-ring (bicyclic) bond motifs is 1. The van der Waals surface area contributed by atoms with Crippen molar-refractivity contribution in [3.05, 3.63) is 30.7 Å². The molecule has 1 aromatic heterocycles. The van der Waals surface area contributed by atoms with Crippen LogP contribution in [0.3, 0.4) is 0 Å². The fourth-order valence-corrected chi connectivity index (χ4v) is 1.22. The zero-order chi connectivity index (χ0) is 11.4. The second-order valence-electron chi connectivity index (χ2n) is 2.45. The van der Waals surface area contributed by atoms with E-state index in [1.54, 1.807) is 6.92 Å². The minimum atomic E-state index is -1.24. The minimum absolute atomic E-state index is 0. The van der Waals surface area contributed by atoms with E-state index in [-0.39, 0.29) is 68.0 Å². The van der Waals surface area contributed by atoms with Crippen LogP contribution in [0.1, 0.15) is 17.3 Å². The molecule has 80 valence electrons. The van der Waals surface area contributed by atoms with Gasteiger partial charge in [-0.1, -0.05) is 13.8 Å². The Morgan fingerprint density at radius 2 is 2.06 bits per heavy atom. The number of benzene rings is 1. The maximum Gasteiger partial charge on any atom is 1.00 e. The summed E-state index contributed by atoms with van der Waals surface area (Å²) in [7, 11) is 0. The molecule has 0 aliphatic carbocycles. The van der Waals surface area contributed by atoms with Gasteiger partial charge in [-0.15, -0.1) is 0 Å². The van der Waals surface area contributed by atoms with Crippen molar-refractivity contribution in [2.24, 2.45) is 0 Å². The normalized spacial score (nSPS) is 8.35. The summed E-state index contributed by atoms with van der Waals surface area (Å²) in [6.07, 6.45) is 0. The van der Waals surface area contributed by atoms with E-state index in [4.69, 9.17) is 4.42 Å². The van der Waals surface area contributed by atoms with Crippen molar-refractivity contribution in [1.82, 2.24) is 4.98 Å². The zero-order valence-electron chi connectivity index (χ0n) is 9.73. The maximum atomic E-state index is 10.5. The molecule has 0 unspecified atom stereocenters. The SMILES string of the molecule is O=C([O-])c1ccc2oc([S-])nc2c1.[CH2]C.[Hg+].[Na+]. The van der Waals surface area contributed by atoms with E-state index in [2.05, 4.69) is 24.5 Å². The van der Waals surface area contributed by atoms with Crippen LogP contribution in [0.2, 0.25) is 0 Å². The monoisotopic (exact) mass is 447 g/mol. The Morgan fingerprint density at radius 1 is 1.47 bits per heavy atom. The average Bonchev–Trinajstić information content (AvgIpc) is 2.59. The van der Waals surface area contributed by atoms with Gasteiger partial charge < -0.3 is 26.9 Å². The number of carboxylic acid groups (broad SMARTS) is 1. The molecule has 7 heteroatoms. The molecular formula is C10H8HgNNaO3S. The number of nitrogens with zero attached hydrogens (tertiary/aromatic N) is 1. The van der Waals surface area contributed by atoms with E-state index in [0.717, 1.165) is 0 Å². The van der Waals surface area contributed by atoms with Crippen LogP contribution in [0, 0.1) is 6.92 Å². The van der Waals surface area contributed by atoms with E-state index in [1.807, 2.05) is 0 Å². The first kappa shape index (κ1) is 19.7. The van der Waals surface area contributed by atoms with Crippen LogP contribution in [0.15, 0.2) is 27.8 Å². The Kier molecular flexibility index (Phi) is 10.7. The molecule has 2 radical (unpaired) electrons. The van der Waals surface area contributed by atoms with Gasteiger partial charge in [0.25, 0.3) is 0 Å². The molecule has 17 heavy (non-hydrogen) atoms. The number of aromatic carboxylic acids is 1. The Bertz CT molecular complexity index is 489. The van der Waals surface area contributed by atoms with E-state index < -0.39 is 5.97 Å². The average molecular weight is 446 g/mol. The van der Waals surface area contributed by atoms with Crippen molar-refractivity contribution in [1.29, 1.82) is 0 Å². The molecule has 4 nitrogen and oxygen atoms in total. The summed E-state index contributed by atoms with van der Waals surface area (Å²) in [6.45, 7) is 5.00. The number of aromatic nitrogens is 1. The van der Waals surface area contributed by atoms with Gasteiger partial charge in [-0.05, 0) is 23.8 Å². The van der Waals surface area contributed by atoms with Crippen LogP contribution in [0.4, 0.5) is 0 Å². The molecule has 1 aromatic carbocycles. The maximum absolute atomic E-state index is 10.5. The van der Waals surface area contributed by atoms with Crippen molar-refractivity contribution in [3.8, 4) is 0 Å². The summed E-state index contributed by atoms with van der Waals surface area (Å²) in [5.41, 5.74) is 0.984. The molecule has 0 aliphatic rings. The topological polar surface area (TPSA) is 66.2 Å². The van der Waals surface area contributed by atoms with Crippen molar-refractivity contribution >= 4 is 29.7 Å². The molecule has 0 bridgehead atoms. The predicted molar refractivity (Wildman–Crippen MR) is 55.0 cm³/mol. The van der Waals surface area contributed by atoms with Gasteiger partial charge in [0.1, 0.15) is 5.52 Å². The zero-order valence-corrected chi connectivity index (χ0v) is 18.0. The Labute approximate surface area is 147 Å².